The van der Waals surface area contributed by atoms with E-state index in [1.165, 1.54) is 5.01 Å². The van der Waals surface area contributed by atoms with E-state index in [1.807, 2.05) is 42.5 Å². The monoisotopic (exact) mass is 543 g/mol. The molecule has 2 aliphatic rings. The first-order valence-corrected chi connectivity index (χ1v) is 12.7. The van der Waals surface area contributed by atoms with E-state index in [-0.39, 0.29) is 31.6 Å². The summed E-state index contributed by atoms with van der Waals surface area (Å²) in [4.78, 5) is 41.0. The van der Waals surface area contributed by atoms with Crippen molar-refractivity contribution in [1.29, 1.82) is 0 Å². The van der Waals surface area contributed by atoms with Gasteiger partial charge in [-0.3, -0.25) is 14.4 Å². The Morgan fingerprint density at radius 3 is 2.56 bits per heavy atom. The lowest BCUT2D eigenvalue weighted by molar-refractivity contribution is -0.141. The van der Waals surface area contributed by atoms with Gasteiger partial charge in [-0.25, -0.2) is 5.01 Å². The standard InChI is InChI=1S/C29H22ClN3O6/c30-18-8-5-16(6-9-18)27-19-3-1-2-4-20(19)31-29(37)28(27)21-14-22(33(32-21)25(34)11-12-26(35)36)17-7-10-23-24(13-17)39-15-38-23/h1-10,13,22H,11-12,14-15H2,(H,31,37)(H,35,36)/t22-/m1/s1. The predicted molar refractivity (Wildman–Crippen MR) is 145 cm³/mol. The largest absolute Gasteiger partial charge is 0.481 e. The quantitative estimate of drug-likeness (QED) is 0.348. The van der Waals surface area contributed by atoms with Crippen LogP contribution in [0.5, 0.6) is 11.5 Å². The Balaban J connectivity index is 1.50. The highest BCUT2D eigenvalue weighted by atomic mass is 35.5. The fourth-order valence-corrected chi connectivity index (χ4v) is 5.16. The Labute approximate surface area is 227 Å². The minimum absolute atomic E-state index is 0.101. The molecular formula is C29H22ClN3O6. The summed E-state index contributed by atoms with van der Waals surface area (Å²) >= 11 is 6.15. The number of nitrogens with zero attached hydrogens (tertiary/aromatic N) is 2. The summed E-state index contributed by atoms with van der Waals surface area (Å²) in [7, 11) is 0. The van der Waals surface area contributed by atoms with Crippen molar-refractivity contribution in [3.8, 4) is 22.6 Å². The molecule has 0 saturated heterocycles. The van der Waals surface area contributed by atoms with Gasteiger partial charge in [-0.1, -0.05) is 48.0 Å². The smallest absolute Gasteiger partial charge is 0.303 e. The first-order valence-electron chi connectivity index (χ1n) is 12.3. The van der Waals surface area contributed by atoms with E-state index in [4.69, 9.17) is 26.2 Å². The van der Waals surface area contributed by atoms with E-state index in [9.17, 15) is 14.4 Å². The number of amides is 1. The molecule has 1 amide bonds. The van der Waals surface area contributed by atoms with Gasteiger partial charge in [0, 0.05) is 34.3 Å². The SMILES string of the molecule is O=C(O)CCC(=O)N1N=C(c2c(-c3ccc(Cl)cc3)c3ccccc3[nH]c2=O)C[C@@H]1c1ccc2c(c1)OCO2. The van der Waals surface area contributed by atoms with Crippen molar-refractivity contribution in [2.24, 2.45) is 5.10 Å². The van der Waals surface area contributed by atoms with Gasteiger partial charge in [-0.2, -0.15) is 5.10 Å². The molecule has 0 fully saturated rings. The van der Waals surface area contributed by atoms with E-state index >= 15 is 0 Å². The number of carbonyl (C=O) groups excluding carboxylic acids is 1. The fourth-order valence-electron chi connectivity index (χ4n) is 5.03. The highest BCUT2D eigenvalue weighted by Gasteiger charge is 2.36. The average Bonchev–Trinajstić information content (AvgIpc) is 3.58. The van der Waals surface area contributed by atoms with Crippen molar-refractivity contribution in [1.82, 2.24) is 9.99 Å². The third-order valence-electron chi connectivity index (χ3n) is 6.84. The number of nitrogens with one attached hydrogen (secondary N) is 1. The number of hydrogen-bond acceptors (Lipinski definition) is 6. The zero-order chi connectivity index (χ0) is 27.1. The molecule has 9 nitrogen and oxygen atoms in total. The number of hydrazone groups is 1. The zero-order valence-corrected chi connectivity index (χ0v) is 21.3. The van der Waals surface area contributed by atoms with Gasteiger partial charge in [-0.15, -0.1) is 0 Å². The Kier molecular flexibility index (Phi) is 6.28. The maximum absolute atomic E-state index is 13.6. The Hall–Kier alpha value is -4.63. The molecule has 196 valence electrons. The lowest BCUT2D eigenvalue weighted by atomic mass is 9.91. The first kappa shape index (κ1) is 24.7. The number of rotatable bonds is 6. The molecule has 39 heavy (non-hydrogen) atoms. The molecule has 1 aromatic heterocycles. The third kappa shape index (κ3) is 4.61. The topological polar surface area (TPSA) is 121 Å². The molecule has 0 radical (unpaired) electrons. The highest BCUT2D eigenvalue weighted by Crippen LogP contribution is 2.41. The van der Waals surface area contributed by atoms with Gasteiger partial charge in [0.25, 0.3) is 5.56 Å². The number of aliphatic carboxylic acids is 1. The van der Waals surface area contributed by atoms with Crippen molar-refractivity contribution in [3.05, 3.63) is 93.2 Å². The Morgan fingerprint density at radius 1 is 1.00 bits per heavy atom. The Morgan fingerprint density at radius 2 is 1.77 bits per heavy atom. The van der Waals surface area contributed by atoms with Crippen LogP contribution in [-0.4, -0.2) is 39.5 Å². The molecule has 0 unspecified atom stereocenters. The molecule has 2 aliphatic heterocycles. The molecule has 3 aromatic carbocycles. The number of H-pyrrole nitrogens is 1. The van der Waals surface area contributed by atoms with Crippen LogP contribution in [0.3, 0.4) is 0 Å². The number of carbonyl (C=O) groups is 2. The maximum Gasteiger partial charge on any atom is 0.303 e. The molecular weight excluding hydrogens is 522 g/mol. The van der Waals surface area contributed by atoms with Crippen LogP contribution in [0.2, 0.25) is 5.02 Å². The summed E-state index contributed by atoms with van der Waals surface area (Å²) in [5.74, 6) is -0.398. The summed E-state index contributed by atoms with van der Waals surface area (Å²) in [6.45, 7) is 0.101. The van der Waals surface area contributed by atoms with Crippen molar-refractivity contribution in [2.75, 3.05) is 6.79 Å². The third-order valence-corrected chi connectivity index (χ3v) is 7.10. The average molecular weight is 544 g/mol. The van der Waals surface area contributed by atoms with Crippen LogP contribution in [-0.2, 0) is 9.59 Å². The number of ether oxygens (including phenoxy) is 2. The molecule has 0 bridgehead atoms. The number of carboxylic acids is 1. The number of pyridine rings is 1. The van der Waals surface area contributed by atoms with E-state index < -0.39 is 17.9 Å². The lowest BCUT2D eigenvalue weighted by Gasteiger charge is -2.22. The number of hydrogen-bond donors (Lipinski definition) is 2. The minimum Gasteiger partial charge on any atom is -0.481 e. The highest BCUT2D eigenvalue weighted by molar-refractivity contribution is 6.30. The van der Waals surface area contributed by atoms with Crippen LogP contribution in [0, 0.1) is 0 Å². The number of benzene rings is 3. The van der Waals surface area contributed by atoms with Gasteiger partial charge >= 0.3 is 5.97 Å². The molecule has 6 rings (SSSR count). The second kappa shape index (κ2) is 9.92. The first-order chi connectivity index (χ1) is 18.9. The molecule has 0 aliphatic carbocycles. The van der Waals surface area contributed by atoms with E-state index in [0.29, 0.717) is 38.9 Å². The molecule has 10 heteroatoms. The van der Waals surface area contributed by atoms with Crippen molar-refractivity contribution < 1.29 is 24.2 Å². The van der Waals surface area contributed by atoms with Crippen molar-refractivity contribution in [2.45, 2.75) is 25.3 Å². The van der Waals surface area contributed by atoms with Gasteiger partial charge in [0.1, 0.15) is 0 Å². The summed E-state index contributed by atoms with van der Waals surface area (Å²) in [6, 6.07) is 19.5. The van der Waals surface area contributed by atoms with E-state index in [0.717, 1.165) is 16.5 Å². The lowest BCUT2D eigenvalue weighted by Crippen LogP contribution is -2.27. The second-order valence-corrected chi connectivity index (χ2v) is 9.70. The van der Waals surface area contributed by atoms with Crippen LogP contribution in [0.4, 0.5) is 0 Å². The summed E-state index contributed by atoms with van der Waals surface area (Å²) in [5.41, 5.74) is 3.25. The van der Waals surface area contributed by atoms with Crippen molar-refractivity contribution >= 4 is 40.1 Å². The number of aromatic amines is 1. The number of para-hydroxylation sites is 1. The second-order valence-electron chi connectivity index (χ2n) is 9.27. The molecule has 2 N–H and O–H groups in total. The minimum atomic E-state index is -1.08. The van der Waals surface area contributed by atoms with Crippen LogP contribution in [0.15, 0.2) is 76.6 Å². The molecule has 0 spiro atoms. The van der Waals surface area contributed by atoms with Crippen molar-refractivity contribution in [3.63, 3.8) is 0 Å². The zero-order valence-electron chi connectivity index (χ0n) is 20.5. The van der Waals surface area contributed by atoms with Crippen LogP contribution < -0.4 is 15.0 Å². The van der Waals surface area contributed by atoms with E-state index in [1.54, 1.807) is 24.3 Å². The van der Waals surface area contributed by atoms with Crippen LogP contribution in [0.1, 0.15) is 36.4 Å². The fraction of sp³-hybridized carbons (Fsp3) is 0.172. The number of halogens is 1. The normalized spacial score (nSPS) is 16.0. The van der Waals surface area contributed by atoms with Crippen LogP contribution in [0.25, 0.3) is 22.0 Å². The van der Waals surface area contributed by atoms with Gasteiger partial charge < -0.3 is 19.6 Å². The summed E-state index contributed by atoms with van der Waals surface area (Å²) in [5, 5.41) is 16.5. The van der Waals surface area contributed by atoms with Gasteiger partial charge in [0.15, 0.2) is 11.5 Å². The predicted octanol–water partition coefficient (Wildman–Crippen LogP) is 5.12. The van der Waals surface area contributed by atoms with Gasteiger partial charge in [0.2, 0.25) is 12.7 Å². The number of fused-ring (bicyclic) bond motifs is 2. The summed E-state index contributed by atoms with van der Waals surface area (Å²) in [6.07, 6.45) is -0.327. The summed E-state index contributed by atoms with van der Waals surface area (Å²) < 4.78 is 11.0. The molecule has 1 atom stereocenters. The van der Waals surface area contributed by atoms with Crippen LogP contribution >= 0.6 is 11.6 Å². The molecule has 0 saturated carbocycles. The molecule has 4 aromatic rings. The Bertz CT molecular complexity index is 1710. The van der Waals surface area contributed by atoms with E-state index in [2.05, 4.69) is 10.1 Å². The number of carboxylic acid groups (broad SMARTS) is 1. The van der Waals surface area contributed by atoms with Gasteiger partial charge in [0.05, 0.1) is 23.7 Å². The number of aromatic nitrogens is 1. The maximum atomic E-state index is 13.6. The van der Waals surface area contributed by atoms with Gasteiger partial charge in [-0.05, 0) is 41.5 Å². The molecule has 3 heterocycles.